The SMILES string of the molecule is CC1(C)OB(c2cccc3c2C2(CCCCC2)c2ccccc2-3)OC1(C)C. The van der Waals surface area contributed by atoms with Crippen molar-refractivity contribution in [2.24, 2.45) is 0 Å². The molecule has 3 heteroatoms. The van der Waals surface area contributed by atoms with Gasteiger partial charge >= 0.3 is 7.12 Å². The van der Waals surface area contributed by atoms with Gasteiger partial charge in [0.2, 0.25) is 0 Å². The molecule has 2 fully saturated rings. The third-order valence-corrected chi connectivity index (χ3v) is 7.52. The first kappa shape index (κ1) is 17.5. The lowest BCUT2D eigenvalue weighted by Crippen LogP contribution is -2.42. The molecule has 3 aliphatic rings. The van der Waals surface area contributed by atoms with Crippen LogP contribution in [0.4, 0.5) is 0 Å². The van der Waals surface area contributed by atoms with Crippen LogP contribution >= 0.6 is 0 Å². The van der Waals surface area contributed by atoms with Crippen LogP contribution in [0.25, 0.3) is 11.1 Å². The monoisotopic (exact) mass is 360 g/mol. The first-order valence-corrected chi connectivity index (χ1v) is 10.4. The standard InChI is InChI=1S/C24H29BO2/c1-22(2)23(3,4)27-25(26-22)20-14-10-12-18-17-11-6-7-13-19(17)24(21(18)20)15-8-5-9-16-24/h6-7,10-14H,5,8-9,15-16H2,1-4H3. The molecule has 1 heterocycles. The smallest absolute Gasteiger partial charge is 0.399 e. The van der Waals surface area contributed by atoms with Gasteiger partial charge in [-0.1, -0.05) is 61.7 Å². The Kier molecular flexibility index (Phi) is 3.71. The topological polar surface area (TPSA) is 18.5 Å². The van der Waals surface area contributed by atoms with Gasteiger partial charge in [0, 0.05) is 5.41 Å². The van der Waals surface area contributed by atoms with E-state index in [4.69, 9.17) is 9.31 Å². The molecule has 0 amide bonds. The summed E-state index contributed by atoms with van der Waals surface area (Å²) in [6.45, 7) is 8.56. The lowest BCUT2D eigenvalue weighted by Gasteiger charge is -2.37. The minimum atomic E-state index is -0.314. The van der Waals surface area contributed by atoms with Crippen molar-refractivity contribution in [3.8, 4) is 11.1 Å². The highest BCUT2D eigenvalue weighted by atomic mass is 16.7. The fourth-order valence-electron chi connectivity index (χ4n) is 5.44. The molecule has 0 aromatic heterocycles. The Bertz CT molecular complexity index is 877. The Labute approximate surface area is 163 Å². The van der Waals surface area contributed by atoms with Crippen molar-refractivity contribution >= 4 is 12.6 Å². The van der Waals surface area contributed by atoms with Crippen LogP contribution in [0.2, 0.25) is 0 Å². The summed E-state index contributed by atoms with van der Waals surface area (Å²) in [7, 11) is -0.293. The molecule has 2 aliphatic carbocycles. The van der Waals surface area contributed by atoms with Gasteiger partial charge in [-0.2, -0.15) is 0 Å². The molecule has 0 atom stereocenters. The zero-order valence-corrected chi connectivity index (χ0v) is 17.0. The number of rotatable bonds is 1. The van der Waals surface area contributed by atoms with Crippen molar-refractivity contribution in [1.29, 1.82) is 0 Å². The van der Waals surface area contributed by atoms with Gasteiger partial charge in [-0.25, -0.2) is 0 Å². The average molecular weight is 360 g/mol. The molecular weight excluding hydrogens is 331 g/mol. The highest BCUT2D eigenvalue weighted by Crippen LogP contribution is 2.55. The highest BCUT2D eigenvalue weighted by Gasteiger charge is 2.54. The quantitative estimate of drug-likeness (QED) is 0.650. The molecule has 0 bridgehead atoms. The summed E-state index contributed by atoms with van der Waals surface area (Å²) in [6.07, 6.45) is 6.40. The molecule has 140 valence electrons. The molecule has 0 radical (unpaired) electrons. The number of fused-ring (bicyclic) bond motifs is 5. The van der Waals surface area contributed by atoms with Gasteiger partial charge in [0.15, 0.2) is 0 Å². The van der Waals surface area contributed by atoms with E-state index in [1.807, 2.05) is 0 Å². The summed E-state index contributed by atoms with van der Waals surface area (Å²) in [4.78, 5) is 0. The van der Waals surface area contributed by atoms with E-state index >= 15 is 0 Å². The Morgan fingerprint density at radius 1 is 0.741 bits per heavy atom. The summed E-state index contributed by atoms with van der Waals surface area (Å²) in [6, 6.07) is 15.7. The van der Waals surface area contributed by atoms with Crippen LogP contribution in [0, 0.1) is 0 Å². The lowest BCUT2D eigenvalue weighted by atomic mass is 9.62. The van der Waals surface area contributed by atoms with E-state index in [1.54, 1.807) is 0 Å². The van der Waals surface area contributed by atoms with Crippen molar-refractivity contribution in [2.45, 2.75) is 76.4 Å². The summed E-state index contributed by atoms with van der Waals surface area (Å²) in [5.41, 5.74) is 6.53. The van der Waals surface area contributed by atoms with Gasteiger partial charge in [0.1, 0.15) is 0 Å². The maximum atomic E-state index is 6.49. The summed E-state index contributed by atoms with van der Waals surface area (Å²) < 4.78 is 13.0. The molecule has 0 unspecified atom stereocenters. The van der Waals surface area contributed by atoms with E-state index < -0.39 is 0 Å². The lowest BCUT2D eigenvalue weighted by molar-refractivity contribution is 0.00578. The molecule has 1 saturated carbocycles. The average Bonchev–Trinajstić information content (AvgIpc) is 3.05. The van der Waals surface area contributed by atoms with Crippen molar-refractivity contribution in [2.75, 3.05) is 0 Å². The third kappa shape index (κ3) is 2.34. The Hall–Kier alpha value is -1.58. The van der Waals surface area contributed by atoms with E-state index in [2.05, 4.69) is 70.2 Å². The van der Waals surface area contributed by atoms with Crippen LogP contribution in [0.15, 0.2) is 42.5 Å². The van der Waals surface area contributed by atoms with Crippen molar-refractivity contribution in [3.05, 3.63) is 53.6 Å². The molecule has 2 aromatic carbocycles. The summed E-state index contributed by atoms with van der Waals surface area (Å²) in [5, 5.41) is 0. The third-order valence-electron chi connectivity index (χ3n) is 7.52. The van der Waals surface area contributed by atoms with E-state index in [0.717, 1.165) is 0 Å². The summed E-state index contributed by atoms with van der Waals surface area (Å²) in [5.74, 6) is 0. The van der Waals surface area contributed by atoms with Gasteiger partial charge in [-0.15, -0.1) is 0 Å². The van der Waals surface area contributed by atoms with Crippen molar-refractivity contribution in [3.63, 3.8) is 0 Å². The molecule has 0 N–H and O–H groups in total. The van der Waals surface area contributed by atoms with Crippen LogP contribution < -0.4 is 5.46 Å². The maximum Gasteiger partial charge on any atom is 0.495 e. The minimum absolute atomic E-state index is 0.129. The summed E-state index contributed by atoms with van der Waals surface area (Å²) >= 11 is 0. The molecule has 1 saturated heterocycles. The highest BCUT2D eigenvalue weighted by molar-refractivity contribution is 6.63. The fraction of sp³-hybridized carbons (Fsp3) is 0.500. The predicted molar refractivity (Wildman–Crippen MR) is 111 cm³/mol. The molecule has 2 aromatic rings. The molecule has 27 heavy (non-hydrogen) atoms. The Morgan fingerprint density at radius 2 is 1.37 bits per heavy atom. The van der Waals surface area contributed by atoms with E-state index in [0.29, 0.717) is 0 Å². The minimum Gasteiger partial charge on any atom is -0.399 e. The van der Waals surface area contributed by atoms with Gasteiger partial charge in [0.05, 0.1) is 11.2 Å². The Balaban J connectivity index is 1.71. The number of hydrogen-bond acceptors (Lipinski definition) is 2. The van der Waals surface area contributed by atoms with Crippen molar-refractivity contribution in [1.82, 2.24) is 0 Å². The molecule has 5 rings (SSSR count). The van der Waals surface area contributed by atoms with E-state index in [-0.39, 0.29) is 23.7 Å². The second-order valence-corrected chi connectivity index (χ2v) is 9.55. The predicted octanol–water partition coefficient (Wildman–Crippen LogP) is 5.22. The van der Waals surface area contributed by atoms with Crippen LogP contribution in [0.3, 0.4) is 0 Å². The van der Waals surface area contributed by atoms with E-state index in [1.165, 1.54) is 59.8 Å². The molecule has 2 nitrogen and oxygen atoms in total. The number of benzene rings is 2. The second kappa shape index (κ2) is 5.72. The molecule has 1 aliphatic heterocycles. The van der Waals surface area contributed by atoms with Crippen LogP contribution in [-0.2, 0) is 14.7 Å². The normalized spacial score (nSPS) is 24.1. The molecule has 1 spiro atoms. The largest absolute Gasteiger partial charge is 0.495 e. The first-order chi connectivity index (χ1) is 12.9. The van der Waals surface area contributed by atoms with Gasteiger partial charge < -0.3 is 9.31 Å². The first-order valence-electron chi connectivity index (χ1n) is 10.4. The van der Waals surface area contributed by atoms with Crippen LogP contribution in [-0.4, -0.2) is 18.3 Å². The fourth-order valence-corrected chi connectivity index (χ4v) is 5.44. The molecular formula is C24H29BO2. The van der Waals surface area contributed by atoms with Gasteiger partial charge in [-0.3, -0.25) is 0 Å². The van der Waals surface area contributed by atoms with Gasteiger partial charge in [0.25, 0.3) is 0 Å². The zero-order chi connectivity index (χ0) is 18.9. The second-order valence-electron chi connectivity index (χ2n) is 9.55. The van der Waals surface area contributed by atoms with E-state index in [9.17, 15) is 0 Å². The number of hydrogen-bond donors (Lipinski definition) is 0. The van der Waals surface area contributed by atoms with Crippen LogP contribution in [0.1, 0.15) is 70.9 Å². The van der Waals surface area contributed by atoms with Gasteiger partial charge in [-0.05, 0) is 68.3 Å². The zero-order valence-electron chi connectivity index (χ0n) is 17.0. The maximum absolute atomic E-state index is 6.49. The van der Waals surface area contributed by atoms with Crippen molar-refractivity contribution < 1.29 is 9.31 Å². The Morgan fingerprint density at radius 3 is 2.07 bits per heavy atom. The van der Waals surface area contributed by atoms with Crippen LogP contribution in [0.5, 0.6) is 0 Å².